The summed E-state index contributed by atoms with van der Waals surface area (Å²) in [6, 6.07) is 5.58. The first-order valence-corrected chi connectivity index (χ1v) is 6.55. The van der Waals surface area contributed by atoms with Crippen molar-refractivity contribution in [3.05, 3.63) is 30.1 Å². The Morgan fingerprint density at radius 2 is 1.95 bits per heavy atom. The Bertz CT molecular complexity index is 498. The Labute approximate surface area is 116 Å². The molecule has 1 aliphatic heterocycles. The molecule has 5 nitrogen and oxygen atoms in total. The Hall–Kier alpha value is -2.11. The molecule has 0 spiro atoms. The summed E-state index contributed by atoms with van der Waals surface area (Å²) in [5.74, 6) is -1.15. The number of carbonyl (C=O) groups excluding carboxylic acids is 1. The highest BCUT2D eigenvalue weighted by molar-refractivity contribution is 5.92. The summed E-state index contributed by atoms with van der Waals surface area (Å²) in [5, 5.41) is 8.68. The Kier molecular flexibility index (Phi) is 4.22. The number of nitrogens with zero attached hydrogens (tertiary/aromatic N) is 2. The molecule has 1 fully saturated rings. The number of hydrogen-bond acceptors (Lipinski definition) is 2. The molecule has 0 unspecified atom stereocenters. The predicted molar refractivity (Wildman–Crippen MR) is 72.1 cm³/mol. The third-order valence-corrected chi connectivity index (χ3v) is 3.38. The summed E-state index contributed by atoms with van der Waals surface area (Å²) in [6.07, 6.45) is 0.0897. The zero-order chi connectivity index (χ0) is 14.7. The zero-order valence-corrected chi connectivity index (χ0v) is 11.3. The number of likely N-dealkylation sites (tertiary alicyclic amines) is 1. The zero-order valence-electron chi connectivity index (χ0n) is 11.3. The molecule has 1 aromatic rings. The summed E-state index contributed by atoms with van der Waals surface area (Å²) >= 11 is 0. The lowest BCUT2D eigenvalue weighted by atomic mass is 9.97. The summed E-state index contributed by atoms with van der Waals surface area (Å²) in [6.45, 7) is 3.24. The number of hydrogen-bond donors (Lipinski definition) is 1. The van der Waals surface area contributed by atoms with Crippen LogP contribution in [0.25, 0.3) is 0 Å². The van der Waals surface area contributed by atoms with Crippen LogP contribution in [0, 0.1) is 11.7 Å². The van der Waals surface area contributed by atoms with Gasteiger partial charge in [-0.1, -0.05) is 0 Å². The Morgan fingerprint density at radius 1 is 1.35 bits per heavy atom. The topological polar surface area (TPSA) is 60.9 Å². The fourth-order valence-electron chi connectivity index (χ4n) is 2.32. The molecule has 0 radical (unpaired) electrons. The average molecular weight is 280 g/mol. The van der Waals surface area contributed by atoms with Crippen LogP contribution in [-0.2, 0) is 4.79 Å². The van der Waals surface area contributed by atoms with E-state index in [1.165, 1.54) is 12.1 Å². The van der Waals surface area contributed by atoms with E-state index < -0.39 is 5.97 Å². The molecule has 1 aliphatic rings. The van der Waals surface area contributed by atoms with Gasteiger partial charge in [-0.05, 0) is 31.2 Å². The van der Waals surface area contributed by atoms with Gasteiger partial charge in [0.05, 0.1) is 6.42 Å². The first kappa shape index (κ1) is 14.3. The number of urea groups is 1. The van der Waals surface area contributed by atoms with E-state index in [1.54, 1.807) is 21.9 Å². The number of carbonyl (C=O) groups is 2. The van der Waals surface area contributed by atoms with Crippen molar-refractivity contribution < 1.29 is 19.1 Å². The van der Waals surface area contributed by atoms with Crippen molar-refractivity contribution in [3.63, 3.8) is 0 Å². The molecule has 1 heterocycles. The van der Waals surface area contributed by atoms with Gasteiger partial charge in [-0.2, -0.15) is 0 Å². The molecule has 20 heavy (non-hydrogen) atoms. The fraction of sp³-hybridized carbons (Fsp3) is 0.429. The molecule has 0 atom stereocenters. The van der Waals surface area contributed by atoms with Crippen molar-refractivity contribution >= 4 is 17.7 Å². The van der Waals surface area contributed by atoms with Crippen LogP contribution >= 0.6 is 0 Å². The molecular weight excluding hydrogens is 263 g/mol. The SMILES string of the molecule is CCN(C(=O)N1CC(CC(=O)O)C1)c1ccc(F)cc1. The van der Waals surface area contributed by atoms with Crippen molar-refractivity contribution in [2.45, 2.75) is 13.3 Å². The van der Waals surface area contributed by atoms with E-state index in [0.29, 0.717) is 25.3 Å². The number of benzene rings is 1. The van der Waals surface area contributed by atoms with Crippen molar-refractivity contribution in [3.8, 4) is 0 Å². The first-order chi connectivity index (χ1) is 9.51. The van der Waals surface area contributed by atoms with E-state index in [-0.39, 0.29) is 24.2 Å². The van der Waals surface area contributed by atoms with Crippen LogP contribution in [0.5, 0.6) is 0 Å². The molecule has 1 saturated heterocycles. The lowest BCUT2D eigenvalue weighted by Crippen LogP contribution is -2.55. The van der Waals surface area contributed by atoms with E-state index in [0.717, 1.165) is 0 Å². The van der Waals surface area contributed by atoms with Gasteiger partial charge in [0.25, 0.3) is 0 Å². The van der Waals surface area contributed by atoms with Gasteiger partial charge in [-0.25, -0.2) is 9.18 Å². The highest BCUT2D eigenvalue weighted by atomic mass is 19.1. The summed E-state index contributed by atoms with van der Waals surface area (Å²) in [5.41, 5.74) is 0.639. The molecule has 0 saturated carbocycles. The van der Waals surface area contributed by atoms with Crippen molar-refractivity contribution in [2.24, 2.45) is 5.92 Å². The molecule has 2 amide bonds. The van der Waals surface area contributed by atoms with Gasteiger partial charge in [0.15, 0.2) is 0 Å². The molecule has 0 bridgehead atoms. The van der Waals surface area contributed by atoms with E-state index in [1.807, 2.05) is 6.92 Å². The molecule has 0 aromatic heterocycles. The van der Waals surface area contributed by atoms with E-state index in [4.69, 9.17) is 5.11 Å². The number of carboxylic acid groups (broad SMARTS) is 1. The molecule has 0 aliphatic carbocycles. The maximum atomic E-state index is 12.9. The molecule has 1 aromatic carbocycles. The molecule has 1 N–H and O–H groups in total. The minimum atomic E-state index is -0.840. The number of aliphatic carboxylic acids is 1. The fourth-order valence-corrected chi connectivity index (χ4v) is 2.32. The lowest BCUT2D eigenvalue weighted by molar-refractivity contribution is -0.139. The van der Waals surface area contributed by atoms with E-state index >= 15 is 0 Å². The van der Waals surface area contributed by atoms with Crippen LogP contribution in [0.4, 0.5) is 14.9 Å². The second-order valence-electron chi connectivity index (χ2n) is 4.87. The summed E-state index contributed by atoms with van der Waals surface area (Å²) in [4.78, 5) is 26.0. The summed E-state index contributed by atoms with van der Waals surface area (Å²) in [7, 11) is 0. The maximum absolute atomic E-state index is 12.9. The number of halogens is 1. The van der Waals surface area contributed by atoms with Crippen molar-refractivity contribution in [1.82, 2.24) is 4.90 Å². The van der Waals surface area contributed by atoms with Crippen LogP contribution < -0.4 is 4.90 Å². The smallest absolute Gasteiger partial charge is 0.324 e. The lowest BCUT2D eigenvalue weighted by Gasteiger charge is -2.41. The maximum Gasteiger partial charge on any atom is 0.324 e. The number of amides is 2. The Morgan fingerprint density at radius 3 is 2.45 bits per heavy atom. The highest BCUT2D eigenvalue weighted by Crippen LogP contribution is 2.23. The molecular formula is C14H17FN2O3. The van der Waals surface area contributed by atoms with E-state index in [2.05, 4.69) is 0 Å². The number of carboxylic acids is 1. The van der Waals surface area contributed by atoms with Gasteiger partial charge < -0.3 is 10.0 Å². The standard InChI is InChI=1S/C14H17FN2O3/c1-2-17(12-5-3-11(15)4-6-12)14(20)16-8-10(9-16)7-13(18)19/h3-6,10H,2,7-9H2,1H3,(H,18,19). The second-order valence-corrected chi connectivity index (χ2v) is 4.87. The second kappa shape index (κ2) is 5.90. The molecule has 2 rings (SSSR count). The van der Waals surface area contributed by atoms with Gasteiger partial charge in [0, 0.05) is 31.2 Å². The van der Waals surface area contributed by atoms with Gasteiger partial charge in [0.2, 0.25) is 0 Å². The Balaban J connectivity index is 1.97. The van der Waals surface area contributed by atoms with Crippen LogP contribution in [0.15, 0.2) is 24.3 Å². The highest BCUT2D eigenvalue weighted by Gasteiger charge is 2.34. The molecule has 108 valence electrons. The van der Waals surface area contributed by atoms with Crippen molar-refractivity contribution in [1.29, 1.82) is 0 Å². The number of anilines is 1. The van der Waals surface area contributed by atoms with Gasteiger partial charge in [-0.15, -0.1) is 0 Å². The first-order valence-electron chi connectivity index (χ1n) is 6.55. The van der Waals surface area contributed by atoms with Gasteiger partial charge >= 0.3 is 12.0 Å². The van der Waals surface area contributed by atoms with Gasteiger partial charge in [-0.3, -0.25) is 9.69 Å². The minimum Gasteiger partial charge on any atom is -0.481 e. The summed E-state index contributed by atoms with van der Waals surface area (Å²) < 4.78 is 12.9. The predicted octanol–water partition coefficient (Wildman–Crippen LogP) is 2.18. The monoisotopic (exact) mass is 280 g/mol. The van der Waals surface area contributed by atoms with E-state index in [9.17, 15) is 14.0 Å². The third kappa shape index (κ3) is 3.07. The molecule has 6 heteroatoms. The van der Waals surface area contributed by atoms with Crippen LogP contribution in [0.2, 0.25) is 0 Å². The van der Waals surface area contributed by atoms with Crippen LogP contribution in [0.1, 0.15) is 13.3 Å². The quantitative estimate of drug-likeness (QED) is 0.919. The van der Waals surface area contributed by atoms with Crippen LogP contribution in [-0.4, -0.2) is 41.6 Å². The van der Waals surface area contributed by atoms with Crippen molar-refractivity contribution in [2.75, 3.05) is 24.5 Å². The van der Waals surface area contributed by atoms with Crippen LogP contribution in [0.3, 0.4) is 0 Å². The minimum absolute atomic E-state index is 0.0309. The normalized spacial score (nSPS) is 14.8. The number of rotatable bonds is 4. The average Bonchev–Trinajstić information content (AvgIpc) is 2.36. The largest absolute Gasteiger partial charge is 0.481 e. The van der Waals surface area contributed by atoms with Gasteiger partial charge in [0.1, 0.15) is 5.82 Å². The third-order valence-electron chi connectivity index (χ3n) is 3.38.